The van der Waals surface area contributed by atoms with Crippen molar-refractivity contribution in [1.82, 2.24) is 29.1 Å². The molecule has 0 amide bonds. The number of H-pyrrole nitrogens is 1. The van der Waals surface area contributed by atoms with Crippen molar-refractivity contribution in [2.24, 2.45) is 10.7 Å². The Balaban J connectivity index is 1.14. The zero-order valence-electron chi connectivity index (χ0n) is 24.8. The molecule has 4 aliphatic heterocycles. The number of aliphatic imine (C=N–C) groups is 1. The minimum Gasteiger partial charge on any atom is -0.756 e. The Labute approximate surface area is 273 Å². The van der Waals surface area contributed by atoms with Gasteiger partial charge in [-0.05, 0) is 0 Å². The van der Waals surface area contributed by atoms with Crippen molar-refractivity contribution in [3.05, 3.63) is 41.4 Å². The van der Waals surface area contributed by atoms with E-state index < -0.39 is 89.7 Å². The molecule has 3 aromatic heterocycles. The Kier molecular flexibility index (Phi) is 8.72. The second kappa shape index (κ2) is 12.6. The van der Waals surface area contributed by atoms with E-state index in [4.69, 9.17) is 43.8 Å². The van der Waals surface area contributed by atoms with E-state index in [9.17, 15) is 33.9 Å². The van der Waals surface area contributed by atoms with Gasteiger partial charge in [0.15, 0.2) is 35.8 Å². The van der Waals surface area contributed by atoms with E-state index in [1.165, 1.54) is 17.0 Å². The molecule has 26 heteroatoms. The summed E-state index contributed by atoms with van der Waals surface area (Å²) >= 11 is 0. The first-order valence-corrected chi connectivity index (χ1v) is 17.3. The van der Waals surface area contributed by atoms with Crippen LogP contribution in [0.3, 0.4) is 0 Å². The van der Waals surface area contributed by atoms with Crippen LogP contribution in [0.2, 0.25) is 0 Å². The zero-order chi connectivity index (χ0) is 34.8. The van der Waals surface area contributed by atoms with E-state index in [0.717, 1.165) is 10.9 Å². The van der Waals surface area contributed by atoms with Crippen molar-refractivity contribution in [3.63, 3.8) is 0 Å². The van der Waals surface area contributed by atoms with Crippen molar-refractivity contribution < 1.29 is 61.4 Å². The third kappa shape index (κ3) is 6.31. The number of aromatic amines is 1. The van der Waals surface area contributed by atoms with Crippen molar-refractivity contribution >= 4 is 44.5 Å². The van der Waals surface area contributed by atoms with Crippen LogP contribution in [0.15, 0.2) is 35.1 Å². The number of anilines is 2. The second-order valence-corrected chi connectivity index (χ2v) is 13.8. The number of aromatic nitrogens is 6. The highest BCUT2D eigenvalue weighted by molar-refractivity contribution is 7.47. The van der Waals surface area contributed by atoms with Crippen molar-refractivity contribution in [2.75, 3.05) is 30.9 Å². The number of guanidine groups is 1. The molecule has 0 radical (unpaired) electrons. The van der Waals surface area contributed by atoms with Crippen molar-refractivity contribution in [1.29, 1.82) is 0 Å². The number of nitrogen functional groups attached to an aromatic ring is 1. The Morgan fingerprint density at radius 3 is 2.43 bits per heavy atom. The van der Waals surface area contributed by atoms with Gasteiger partial charge in [0.2, 0.25) is 5.95 Å². The number of phosphoric ester groups is 2. The highest BCUT2D eigenvalue weighted by atomic mass is 31.2. The largest absolute Gasteiger partial charge is 0.756 e. The summed E-state index contributed by atoms with van der Waals surface area (Å²) in [5, 5.41) is 25.2. The van der Waals surface area contributed by atoms with Gasteiger partial charge in [0.05, 0.1) is 32.5 Å². The molecule has 7 heterocycles. The van der Waals surface area contributed by atoms with E-state index >= 15 is 0 Å². The van der Waals surface area contributed by atoms with Gasteiger partial charge in [-0.25, -0.2) is 19.5 Å². The van der Waals surface area contributed by atoms with Crippen LogP contribution < -0.4 is 27.2 Å². The molecule has 0 aromatic carbocycles. The quantitative estimate of drug-likeness (QED) is 0.105. The van der Waals surface area contributed by atoms with Gasteiger partial charge < -0.3 is 60.0 Å². The Bertz CT molecular complexity index is 1950. The van der Waals surface area contributed by atoms with Gasteiger partial charge in [-0.1, -0.05) is 6.08 Å². The highest BCUT2D eigenvalue weighted by Crippen LogP contribution is 2.52. The summed E-state index contributed by atoms with van der Waals surface area (Å²) < 4.78 is 66.5. The average molecular weight is 731 g/mol. The van der Waals surface area contributed by atoms with Crippen LogP contribution in [0.25, 0.3) is 11.2 Å². The van der Waals surface area contributed by atoms with E-state index in [0.29, 0.717) is 0 Å². The van der Waals surface area contributed by atoms with Crippen LogP contribution in [0.1, 0.15) is 24.4 Å². The molecular formula is C23H29N10O14P2-. The first kappa shape index (κ1) is 33.9. The van der Waals surface area contributed by atoms with Crippen molar-refractivity contribution in [3.8, 4) is 0 Å². The maximum Gasteiger partial charge on any atom is 0.472 e. The monoisotopic (exact) mass is 731 g/mol. The lowest BCUT2D eigenvalue weighted by molar-refractivity contribution is -0.236. The Morgan fingerprint density at radius 2 is 1.71 bits per heavy atom. The minimum atomic E-state index is -5.33. The molecule has 9 N–H and O–H groups in total. The van der Waals surface area contributed by atoms with Gasteiger partial charge in [0, 0.05) is 0 Å². The van der Waals surface area contributed by atoms with Gasteiger partial charge in [0.25, 0.3) is 13.4 Å². The summed E-state index contributed by atoms with van der Waals surface area (Å²) in [6.07, 6.45) is -10.2. The molecule has 7 rings (SSSR count). The van der Waals surface area contributed by atoms with Gasteiger partial charge in [0.1, 0.15) is 48.1 Å². The number of aliphatic hydroxyl groups is 2. The number of nitrogens with two attached hydrogens (primary N) is 2. The highest BCUT2D eigenvalue weighted by Gasteiger charge is 2.53. The second-order valence-electron chi connectivity index (χ2n) is 11.0. The van der Waals surface area contributed by atoms with E-state index in [-0.39, 0.29) is 41.2 Å². The standard InChI is InChI=1S/C23H30N10O14P2/c1-2-3-41-19-11-17(29-23(25)31-19)33(7-27-11)21-13(35)15-9(45-21)5-43-48(37,38)46-14-8(4-42-49(39,40)47-15)44-20(12(14)34)32-6-26-10-16(32)28-22(24)30-18(10)36/h2,6-9,12-15,19-21,34-35H,1,3-5H2,(H,37,38)(H,39,40)(H3,25,29,31)(H3,24,28,30,36)/p-1/t8-,9-,12-,13-,14-,15-,19?,20-,21-/m1/s1. The zero-order valence-corrected chi connectivity index (χ0v) is 26.6. The number of phosphoric acid groups is 2. The SMILES string of the molecule is C=CCOC1N=C(N)Nc2c1ncn2[C@@H]1O[C@@H]2COP(=O)(O)O[C@H]3[C@@H](O)[C@H](n4cnc5c(=O)[nH]c(N)nc54)O[C@@H]3COP(=O)([O-])O[C@H]2[C@H]1O. The lowest BCUT2D eigenvalue weighted by Crippen LogP contribution is -2.40. The first-order chi connectivity index (χ1) is 23.2. The lowest BCUT2D eigenvalue weighted by Gasteiger charge is -2.32. The van der Waals surface area contributed by atoms with E-state index in [1.54, 1.807) is 0 Å². The molecule has 3 saturated heterocycles. The summed E-state index contributed by atoms with van der Waals surface area (Å²) in [6.45, 7) is 1.91. The van der Waals surface area contributed by atoms with Gasteiger partial charge in [-0.2, -0.15) is 4.98 Å². The topological polar surface area (TPSA) is 340 Å². The number of nitrogens with one attached hydrogen (secondary N) is 2. The molecule has 0 aliphatic carbocycles. The number of nitrogens with zero attached hydrogens (tertiary/aromatic N) is 6. The number of fused-ring (bicyclic) bond motifs is 4. The number of hydrogen-bond acceptors (Lipinski definition) is 20. The maximum absolute atomic E-state index is 13.2. The van der Waals surface area contributed by atoms with E-state index in [2.05, 4.69) is 36.8 Å². The van der Waals surface area contributed by atoms with E-state index in [1.807, 2.05) is 0 Å². The average Bonchev–Trinajstić information content (AvgIpc) is 3.79. The fourth-order valence-corrected chi connectivity index (χ4v) is 7.66. The molecule has 266 valence electrons. The predicted molar refractivity (Wildman–Crippen MR) is 158 cm³/mol. The fraction of sp³-hybridized carbons (Fsp3) is 0.522. The van der Waals surface area contributed by atoms with Crippen LogP contribution in [0.4, 0.5) is 11.8 Å². The van der Waals surface area contributed by atoms with Gasteiger partial charge in [-0.3, -0.25) is 32.5 Å². The molecule has 0 saturated carbocycles. The van der Waals surface area contributed by atoms with Crippen LogP contribution in [-0.4, -0.2) is 107 Å². The molecule has 3 unspecified atom stereocenters. The van der Waals surface area contributed by atoms with Crippen LogP contribution in [-0.2, 0) is 41.4 Å². The summed E-state index contributed by atoms with van der Waals surface area (Å²) in [5.74, 6) is -0.162. The first-order valence-electron chi connectivity index (χ1n) is 14.3. The summed E-state index contributed by atoms with van der Waals surface area (Å²) in [5.41, 5.74) is 10.8. The summed E-state index contributed by atoms with van der Waals surface area (Å²) in [7, 11) is -10.4. The van der Waals surface area contributed by atoms with Crippen LogP contribution in [0, 0.1) is 0 Å². The lowest BCUT2D eigenvalue weighted by atomic mass is 10.1. The number of ether oxygens (including phenoxy) is 3. The molecule has 3 fully saturated rings. The van der Waals surface area contributed by atoms with Crippen LogP contribution >= 0.6 is 15.6 Å². The molecule has 0 bridgehead atoms. The minimum absolute atomic E-state index is 0.0647. The molecule has 4 aliphatic rings. The summed E-state index contributed by atoms with van der Waals surface area (Å²) in [4.78, 5) is 54.6. The Morgan fingerprint density at radius 1 is 1.06 bits per heavy atom. The predicted octanol–water partition coefficient (Wildman–Crippen LogP) is -2.56. The van der Waals surface area contributed by atoms with Crippen molar-refractivity contribution in [2.45, 2.75) is 55.3 Å². The molecule has 49 heavy (non-hydrogen) atoms. The number of imidazole rings is 2. The number of aliphatic hydroxyl groups excluding tert-OH is 2. The third-order valence-electron chi connectivity index (χ3n) is 7.85. The van der Waals surface area contributed by atoms with Crippen LogP contribution in [0.5, 0.6) is 0 Å². The molecular weight excluding hydrogens is 702 g/mol. The molecule has 0 spiro atoms. The number of hydrogen-bond donors (Lipinski definition) is 7. The summed E-state index contributed by atoms with van der Waals surface area (Å²) in [6, 6.07) is 0. The normalized spacial score (nSPS) is 38.0. The fourth-order valence-electron chi connectivity index (χ4n) is 5.75. The third-order valence-corrected chi connectivity index (χ3v) is 9.81. The molecule has 3 aromatic rings. The molecule has 24 nitrogen and oxygen atoms in total. The maximum atomic E-state index is 13.2. The van der Waals surface area contributed by atoms with Gasteiger partial charge in [-0.15, -0.1) is 6.58 Å². The Hall–Kier alpha value is -3.61. The molecule has 11 atom stereocenters. The smallest absolute Gasteiger partial charge is 0.472 e. The number of rotatable bonds is 5. The van der Waals surface area contributed by atoms with Gasteiger partial charge >= 0.3 is 7.82 Å².